The summed E-state index contributed by atoms with van der Waals surface area (Å²) < 4.78 is 0. The van der Waals surface area contributed by atoms with Crippen LogP contribution in [0.2, 0.25) is 0 Å². The van der Waals surface area contributed by atoms with Gasteiger partial charge in [-0.1, -0.05) is 30.6 Å². The first-order valence-electron chi connectivity index (χ1n) is 6.08. The fraction of sp³-hybridized carbons (Fsp3) is 0.583. The van der Waals surface area contributed by atoms with Crippen molar-refractivity contribution >= 4 is 28.2 Å². The van der Waals surface area contributed by atoms with Crippen molar-refractivity contribution in [3.05, 3.63) is 11.1 Å². The van der Waals surface area contributed by atoms with E-state index in [1.165, 1.54) is 24.5 Å². The highest BCUT2D eigenvalue weighted by molar-refractivity contribution is 7.17. The monoisotopic (exact) mass is 267 g/mol. The highest BCUT2D eigenvalue weighted by Crippen LogP contribution is 2.28. The van der Waals surface area contributed by atoms with Gasteiger partial charge in [0.05, 0.1) is 16.6 Å². The molecule has 0 aromatic carbocycles. The van der Waals surface area contributed by atoms with Crippen LogP contribution in [0.15, 0.2) is 6.20 Å². The molecule has 0 aliphatic heterocycles. The highest BCUT2D eigenvalue weighted by atomic mass is 32.1. The number of hydrogen-bond acceptors (Lipinski definition) is 5. The Balaban J connectivity index is 2.03. The molecule has 2 rings (SSSR count). The van der Waals surface area contributed by atoms with Crippen LogP contribution in [0.4, 0.5) is 5.13 Å². The number of aromatic nitrogens is 1. The van der Waals surface area contributed by atoms with Crippen LogP contribution in [0.25, 0.3) is 0 Å². The second-order valence-electron chi connectivity index (χ2n) is 4.76. The number of carbonyl (C=O) groups is 2. The molecule has 0 spiro atoms. The summed E-state index contributed by atoms with van der Waals surface area (Å²) in [5.41, 5.74) is 5.34. The van der Waals surface area contributed by atoms with Gasteiger partial charge in [0.2, 0.25) is 5.91 Å². The quantitative estimate of drug-likeness (QED) is 0.820. The summed E-state index contributed by atoms with van der Waals surface area (Å²) in [6.07, 6.45) is 6.01. The molecule has 5 nitrogen and oxygen atoms in total. The number of thiazole rings is 1. The van der Waals surface area contributed by atoms with Crippen molar-refractivity contribution in [2.24, 2.45) is 5.73 Å². The van der Waals surface area contributed by atoms with Crippen molar-refractivity contribution in [3.8, 4) is 0 Å². The lowest BCUT2D eigenvalue weighted by molar-refractivity contribution is -0.122. The number of ketones is 1. The molecule has 0 bridgehead atoms. The van der Waals surface area contributed by atoms with E-state index in [4.69, 9.17) is 5.73 Å². The second kappa shape index (κ2) is 5.16. The second-order valence-corrected chi connectivity index (χ2v) is 5.79. The van der Waals surface area contributed by atoms with Crippen LogP contribution >= 0.6 is 11.3 Å². The van der Waals surface area contributed by atoms with E-state index in [0.717, 1.165) is 19.3 Å². The zero-order valence-electron chi connectivity index (χ0n) is 10.4. The van der Waals surface area contributed by atoms with E-state index in [1.807, 2.05) is 0 Å². The van der Waals surface area contributed by atoms with E-state index in [1.54, 1.807) is 0 Å². The average molecular weight is 267 g/mol. The van der Waals surface area contributed by atoms with Gasteiger partial charge in [-0.3, -0.25) is 9.59 Å². The molecule has 1 aliphatic rings. The van der Waals surface area contributed by atoms with Crippen molar-refractivity contribution < 1.29 is 9.59 Å². The molecule has 1 aromatic rings. The van der Waals surface area contributed by atoms with E-state index in [-0.39, 0.29) is 11.7 Å². The van der Waals surface area contributed by atoms with Crippen LogP contribution in [-0.2, 0) is 4.79 Å². The van der Waals surface area contributed by atoms with Gasteiger partial charge in [0, 0.05) is 6.92 Å². The Morgan fingerprint density at radius 1 is 1.39 bits per heavy atom. The van der Waals surface area contributed by atoms with Gasteiger partial charge in [0.15, 0.2) is 10.9 Å². The first-order valence-corrected chi connectivity index (χ1v) is 6.90. The minimum Gasteiger partial charge on any atom is -0.317 e. The molecule has 0 atom stereocenters. The number of nitrogens with two attached hydrogens (primary N) is 1. The summed E-state index contributed by atoms with van der Waals surface area (Å²) in [6.45, 7) is 1.48. The molecular weight excluding hydrogens is 250 g/mol. The van der Waals surface area contributed by atoms with Gasteiger partial charge in [-0.25, -0.2) is 4.98 Å². The molecule has 1 amide bonds. The predicted molar refractivity (Wildman–Crippen MR) is 70.8 cm³/mol. The molecule has 1 fully saturated rings. The number of carbonyl (C=O) groups excluding carboxylic acids is 2. The van der Waals surface area contributed by atoms with Crippen LogP contribution in [0, 0.1) is 0 Å². The summed E-state index contributed by atoms with van der Waals surface area (Å²) in [7, 11) is 0. The van der Waals surface area contributed by atoms with Crippen LogP contribution in [0.3, 0.4) is 0 Å². The van der Waals surface area contributed by atoms with Gasteiger partial charge in [-0.15, -0.1) is 0 Å². The predicted octanol–water partition coefficient (Wildman–Crippen LogP) is 1.95. The first kappa shape index (κ1) is 13.2. The summed E-state index contributed by atoms with van der Waals surface area (Å²) >= 11 is 1.18. The molecule has 0 radical (unpaired) electrons. The number of Topliss-reactive ketones (excluding diaryl/α,β-unsaturated/α-hetero) is 1. The van der Waals surface area contributed by atoms with Gasteiger partial charge >= 0.3 is 0 Å². The highest BCUT2D eigenvalue weighted by Gasteiger charge is 2.35. The van der Waals surface area contributed by atoms with Crippen LogP contribution in [-0.4, -0.2) is 22.2 Å². The summed E-state index contributed by atoms with van der Waals surface area (Å²) in [5.74, 6) is -0.236. The molecule has 1 saturated carbocycles. The third kappa shape index (κ3) is 2.76. The zero-order valence-corrected chi connectivity index (χ0v) is 11.2. The smallest absolute Gasteiger partial charge is 0.246 e. The van der Waals surface area contributed by atoms with Crippen molar-refractivity contribution in [2.45, 2.75) is 44.6 Å². The van der Waals surface area contributed by atoms with E-state index < -0.39 is 5.54 Å². The van der Waals surface area contributed by atoms with Crippen molar-refractivity contribution in [2.75, 3.05) is 5.32 Å². The maximum Gasteiger partial charge on any atom is 0.246 e. The molecular formula is C12H17N3O2S. The molecule has 3 N–H and O–H groups in total. The zero-order chi connectivity index (χ0) is 13.2. The fourth-order valence-electron chi connectivity index (χ4n) is 2.13. The third-order valence-electron chi connectivity index (χ3n) is 3.27. The van der Waals surface area contributed by atoms with E-state index in [9.17, 15) is 9.59 Å². The number of hydrogen-bond donors (Lipinski definition) is 2. The van der Waals surface area contributed by atoms with E-state index in [0.29, 0.717) is 22.9 Å². The Kier molecular flexibility index (Phi) is 3.77. The van der Waals surface area contributed by atoms with Gasteiger partial charge in [-0.2, -0.15) is 0 Å². The molecule has 98 valence electrons. The number of amides is 1. The Morgan fingerprint density at radius 2 is 2.06 bits per heavy atom. The number of anilines is 1. The molecule has 1 aromatic heterocycles. The van der Waals surface area contributed by atoms with Gasteiger partial charge < -0.3 is 11.1 Å². The minimum atomic E-state index is -0.777. The standard InChI is InChI=1S/C12H17N3O2S/c1-8(16)9-7-14-11(18-9)15-10(17)12(13)5-3-2-4-6-12/h7H,2-6,13H2,1H3,(H,14,15,17). The van der Waals surface area contributed by atoms with E-state index >= 15 is 0 Å². The SMILES string of the molecule is CC(=O)c1cnc(NC(=O)C2(N)CCCCC2)s1. The largest absolute Gasteiger partial charge is 0.317 e. The lowest BCUT2D eigenvalue weighted by Gasteiger charge is -2.31. The fourth-order valence-corrected chi connectivity index (χ4v) is 2.83. The van der Waals surface area contributed by atoms with Gasteiger partial charge in [0.1, 0.15) is 0 Å². The first-order chi connectivity index (χ1) is 8.51. The van der Waals surface area contributed by atoms with Crippen molar-refractivity contribution in [1.82, 2.24) is 4.98 Å². The van der Waals surface area contributed by atoms with Crippen LogP contribution in [0.5, 0.6) is 0 Å². The van der Waals surface area contributed by atoms with Gasteiger partial charge in [0.25, 0.3) is 0 Å². The molecule has 0 saturated heterocycles. The van der Waals surface area contributed by atoms with Crippen LogP contribution in [0.1, 0.15) is 48.7 Å². The van der Waals surface area contributed by atoms with Crippen molar-refractivity contribution in [1.29, 1.82) is 0 Å². The maximum atomic E-state index is 12.1. The Morgan fingerprint density at radius 3 is 2.61 bits per heavy atom. The Labute approximate surface area is 110 Å². The number of rotatable bonds is 3. The molecule has 1 aliphatic carbocycles. The summed E-state index contributed by atoms with van der Waals surface area (Å²) in [6, 6.07) is 0. The molecule has 0 unspecified atom stereocenters. The van der Waals surface area contributed by atoms with Crippen LogP contribution < -0.4 is 11.1 Å². The average Bonchev–Trinajstić information content (AvgIpc) is 2.78. The summed E-state index contributed by atoms with van der Waals surface area (Å²) in [5, 5.41) is 3.16. The minimum absolute atomic E-state index is 0.0480. The maximum absolute atomic E-state index is 12.1. The Hall–Kier alpha value is -1.27. The molecule has 6 heteroatoms. The van der Waals surface area contributed by atoms with E-state index in [2.05, 4.69) is 10.3 Å². The van der Waals surface area contributed by atoms with Crippen molar-refractivity contribution in [3.63, 3.8) is 0 Å². The number of nitrogens with one attached hydrogen (secondary N) is 1. The molecule has 18 heavy (non-hydrogen) atoms. The third-order valence-corrected chi connectivity index (χ3v) is 4.28. The normalized spacial score (nSPS) is 18.3. The van der Waals surface area contributed by atoms with Gasteiger partial charge in [-0.05, 0) is 12.8 Å². The lowest BCUT2D eigenvalue weighted by Crippen LogP contribution is -2.52. The topological polar surface area (TPSA) is 85.1 Å². The lowest BCUT2D eigenvalue weighted by atomic mass is 9.82. The Bertz CT molecular complexity index is 464. The summed E-state index contributed by atoms with van der Waals surface area (Å²) in [4.78, 5) is 27.8. The molecule has 1 heterocycles. The number of nitrogens with zero attached hydrogens (tertiary/aromatic N) is 1.